The fraction of sp³-hybridized carbons (Fsp3) is 0.0909. The second-order valence-electron chi connectivity index (χ2n) is 3.99. The summed E-state index contributed by atoms with van der Waals surface area (Å²) in [6, 6.07) is 5.58. The Labute approximate surface area is 126 Å². The monoisotopic (exact) mass is 332 g/mol. The molecule has 2 rings (SSSR count). The zero-order valence-corrected chi connectivity index (χ0v) is 12.6. The Bertz CT molecular complexity index is 748. The van der Waals surface area contributed by atoms with Gasteiger partial charge < -0.3 is 5.73 Å². The molecule has 0 fully saturated rings. The summed E-state index contributed by atoms with van der Waals surface area (Å²) in [5.74, 6) is 0.0320. The van der Waals surface area contributed by atoms with Crippen LogP contribution in [0.25, 0.3) is 0 Å². The molecule has 0 aliphatic rings. The first-order chi connectivity index (χ1) is 9.29. The molecule has 9 heteroatoms. The van der Waals surface area contributed by atoms with Gasteiger partial charge in [-0.2, -0.15) is 0 Å². The maximum Gasteiger partial charge on any atom is 0.264 e. The van der Waals surface area contributed by atoms with Crippen LogP contribution in [0.3, 0.4) is 0 Å². The number of rotatable bonds is 3. The van der Waals surface area contributed by atoms with Crippen molar-refractivity contribution >= 4 is 44.7 Å². The number of nitrogen functional groups attached to an aromatic ring is 1. The molecule has 0 amide bonds. The number of nitrogens with zero attached hydrogens (tertiary/aromatic N) is 2. The SMILES string of the molecule is Cc1cc(Cl)c(S(=O)(=O)Nc2ccc(Cl)nn2)cc1N. The van der Waals surface area contributed by atoms with Crippen LogP contribution in [0.4, 0.5) is 11.5 Å². The third-order valence-corrected chi connectivity index (χ3v) is 4.50. The molecule has 1 aromatic heterocycles. The summed E-state index contributed by atoms with van der Waals surface area (Å²) in [5.41, 5.74) is 6.73. The van der Waals surface area contributed by atoms with Crippen molar-refractivity contribution in [3.8, 4) is 0 Å². The molecule has 20 heavy (non-hydrogen) atoms. The predicted octanol–water partition coefficient (Wildman–Crippen LogP) is 2.47. The van der Waals surface area contributed by atoms with Gasteiger partial charge in [-0.05, 0) is 36.8 Å². The van der Waals surface area contributed by atoms with E-state index in [1.165, 1.54) is 24.3 Å². The zero-order chi connectivity index (χ0) is 14.9. The Morgan fingerprint density at radius 2 is 1.90 bits per heavy atom. The second kappa shape index (κ2) is 5.43. The van der Waals surface area contributed by atoms with Gasteiger partial charge in [0.2, 0.25) is 0 Å². The molecule has 0 spiro atoms. The van der Waals surface area contributed by atoms with Crippen LogP contribution in [-0.4, -0.2) is 18.6 Å². The number of hydrogen-bond donors (Lipinski definition) is 2. The van der Waals surface area contributed by atoms with Crippen molar-refractivity contribution in [3.63, 3.8) is 0 Å². The van der Waals surface area contributed by atoms with Crippen molar-refractivity contribution < 1.29 is 8.42 Å². The first-order valence-electron chi connectivity index (χ1n) is 5.37. The average molecular weight is 333 g/mol. The second-order valence-corrected chi connectivity index (χ2v) is 6.43. The van der Waals surface area contributed by atoms with Crippen LogP contribution in [0.1, 0.15) is 5.56 Å². The van der Waals surface area contributed by atoms with Gasteiger partial charge in [-0.1, -0.05) is 23.2 Å². The number of sulfonamides is 1. The third kappa shape index (κ3) is 3.12. The molecule has 3 N–H and O–H groups in total. The minimum Gasteiger partial charge on any atom is -0.398 e. The highest BCUT2D eigenvalue weighted by molar-refractivity contribution is 7.92. The average Bonchev–Trinajstić information content (AvgIpc) is 2.36. The van der Waals surface area contributed by atoms with E-state index in [1.807, 2.05) is 0 Å². The third-order valence-electron chi connectivity index (χ3n) is 2.48. The molecule has 0 aliphatic heterocycles. The summed E-state index contributed by atoms with van der Waals surface area (Å²) >= 11 is 11.5. The van der Waals surface area contributed by atoms with Gasteiger partial charge in [0.15, 0.2) is 11.0 Å². The Morgan fingerprint density at radius 1 is 1.20 bits per heavy atom. The molecule has 106 valence electrons. The topological polar surface area (TPSA) is 98.0 Å². The van der Waals surface area contributed by atoms with Crippen LogP contribution in [0.15, 0.2) is 29.2 Å². The highest BCUT2D eigenvalue weighted by atomic mass is 35.5. The number of anilines is 2. The van der Waals surface area contributed by atoms with Crippen LogP contribution in [0.2, 0.25) is 10.2 Å². The van der Waals surface area contributed by atoms with Crippen molar-refractivity contribution in [2.75, 3.05) is 10.5 Å². The molecule has 0 bridgehead atoms. The van der Waals surface area contributed by atoms with Crippen molar-refractivity contribution in [3.05, 3.63) is 40.0 Å². The molecule has 0 unspecified atom stereocenters. The number of hydrogen-bond acceptors (Lipinski definition) is 5. The lowest BCUT2D eigenvalue weighted by atomic mass is 10.2. The lowest BCUT2D eigenvalue weighted by molar-refractivity contribution is 0.601. The van der Waals surface area contributed by atoms with Crippen LogP contribution < -0.4 is 10.5 Å². The van der Waals surface area contributed by atoms with E-state index < -0.39 is 10.0 Å². The zero-order valence-electron chi connectivity index (χ0n) is 10.3. The van der Waals surface area contributed by atoms with E-state index in [0.717, 1.165) is 0 Å². The van der Waals surface area contributed by atoms with Crippen LogP contribution in [-0.2, 0) is 10.0 Å². The molecule has 0 radical (unpaired) electrons. The summed E-state index contributed by atoms with van der Waals surface area (Å²) in [4.78, 5) is -0.126. The molecule has 0 saturated heterocycles. The van der Waals surface area contributed by atoms with E-state index in [4.69, 9.17) is 28.9 Å². The van der Waals surface area contributed by atoms with Crippen molar-refractivity contribution in [1.29, 1.82) is 0 Å². The number of aromatic nitrogens is 2. The largest absolute Gasteiger partial charge is 0.398 e. The number of benzene rings is 1. The molecule has 0 aliphatic carbocycles. The van der Waals surface area contributed by atoms with Gasteiger partial charge in [0.05, 0.1) is 5.02 Å². The fourth-order valence-corrected chi connectivity index (χ4v) is 3.15. The van der Waals surface area contributed by atoms with Gasteiger partial charge in [0, 0.05) is 5.69 Å². The number of halogens is 2. The van der Waals surface area contributed by atoms with Gasteiger partial charge in [-0.3, -0.25) is 4.72 Å². The molecule has 0 saturated carbocycles. The molecule has 0 atom stereocenters. The summed E-state index contributed by atoms with van der Waals surface area (Å²) in [5, 5.41) is 7.39. The highest BCUT2D eigenvalue weighted by Crippen LogP contribution is 2.28. The minimum absolute atomic E-state index is 0.0320. The maximum absolute atomic E-state index is 12.2. The van der Waals surface area contributed by atoms with Gasteiger partial charge in [-0.25, -0.2) is 8.42 Å². The Balaban J connectivity index is 2.40. The van der Waals surface area contributed by atoms with E-state index in [2.05, 4.69) is 14.9 Å². The van der Waals surface area contributed by atoms with Crippen LogP contribution in [0.5, 0.6) is 0 Å². The van der Waals surface area contributed by atoms with Crippen molar-refractivity contribution in [2.24, 2.45) is 0 Å². The van der Waals surface area contributed by atoms with E-state index in [9.17, 15) is 8.42 Å². The van der Waals surface area contributed by atoms with Crippen molar-refractivity contribution in [1.82, 2.24) is 10.2 Å². The molecule has 1 heterocycles. The number of nitrogens with one attached hydrogen (secondary N) is 1. The first kappa shape index (κ1) is 14.8. The van der Waals surface area contributed by atoms with Gasteiger partial charge >= 0.3 is 0 Å². The molecule has 6 nitrogen and oxygen atoms in total. The van der Waals surface area contributed by atoms with Gasteiger partial charge in [0.25, 0.3) is 10.0 Å². The minimum atomic E-state index is -3.90. The van der Waals surface area contributed by atoms with Gasteiger partial charge in [0.1, 0.15) is 4.90 Å². The first-order valence-corrected chi connectivity index (χ1v) is 7.61. The highest BCUT2D eigenvalue weighted by Gasteiger charge is 2.20. The Kier molecular flexibility index (Phi) is 4.03. The summed E-state index contributed by atoms with van der Waals surface area (Å²) in [6.45, 7) is 1.73. The Morgan fingerprint density at radius 3 is 2.50 bits per heavy atom. The van der Waals surface area contributed by atoms with E-state index in [-0.39, 0.29) is 20.9 Å². The molecule has 1 aromatic carbocycles. The van der Waals surface area contributed by atoms with E-state index in [0.29, 0.717) is 11.3 Å². The fourth-order valence-electron chi connectivity index (χ4n) is 1.44. The lowest BCUT2D eigenvalue weighted by Gasteiger charge is -2.10. The maximum atomic E-state index is 12.2. The number of aryl methyl sites for hydroxylation is 1. The number of nitrogens with two attached hydrogens (primary N) is 1. The van der Waals surface area contributed by atoms with E-state index >= 15 is 0 Å². The van der Waals surface area contributed by atoms with Crippen LogP contribution >= 0.6 is 23.2 Å². The summed E-state index contributed by atoms with van der Waals surface area (Å²) < 4.78 is 26.7. The Hall–Kier alpha value is -1.57. The standard InChI is InChI=1S/C11H10Cl2N4O2S/c1-6-4-7(12)9(5-8(6)14)20(18,19)17-11-3-2-10(13)15-16-11/h2-5H,14H2,1H3,(H,16,17). The predicted molar refractivity (Wildman–Crippen MR) is 78.5 cm³/mol. The summed E-state index contributed by atoms with van der Waals surface area (Å²) in [7, 11) is -3.90. The molecular weight excluding hydrogens is 323 g/mol. The normalized spacial score (nSPS) is 11.3. The smallest absolute Gasteiger partial charge is 0.264 e. The van der Waals surface area contributed by atoms with E-state index in [1.54, 1.807) is 6.92 Å². The molecular formula is C11H10Cl2N4O2S. The summed E-state index contributed by atoms with van der Waals surface area (Å²) in [6.07, 6.45) is 0. The van der Waals surface area contributed by atoms with Crippen molar-refractivity contribution in [2.45, 2.75) is 11.8 Å². The molecule has 2 aromatic rings. The van der Waals surface area contributed by atoms with Crippen LogP contribution in [0, 0.1) is 6.92 Å². The quantitative estimate of drug-likeness (QED) is 0.841. The lowest BCUT2D eigenvalue weighted by Crippen LogP contribution is -2.15. The van der Waals surface area contributed by atoms with Gasteiger partial charge in [-0.15, -0.1) is 10.2 Å².